The summed E-state index contributed by atoms with van der Waals surface area (Å²) in [5.74, 6) is 0. The quantitative estimate of drug-likeness (QED) is 0.762. The highest BCUT2D eigenvalue weighted by atomic mass is 79.9. The van der Waals surface area contributed by atoms with E-state index < -0.39 is 0 Å². The van der Waals surface area contributed by atoms with Crippen LogP contribution in [0.2, 0.25) is 0 Å². The number of thiophene rings is 1. The van der Waals surface area contributed by atoms with Gasteiger partial charge in [-0.1, -0.05) is 28.1 Å². The number of nitrogens with zero attached hydrogens (tertiary/aromatic N) is 1. The van der Waals surface area contributed by atoms with Crippen LogP contribution >= 0.6 is 27.3 Å². The summed E-state index contributed by atoms with van der Waals surface area (Å²) in [6, 6.07) is 12.1. The number of hydrogen-bond donors (Lipinski definition) is 0. The lowest BCUT2D eigenvalue weighted by atomic mass is 10.1. The van der Waals surface area contributed by atoms with Crippen LogP contribution in [0, 0.1) is 11.3 Å². The summed E-state index contributed by atoms with van der Waals surface area (Å²) in [5.41, 5.74) is 2.25. The van der Waals surface area contributed by atoms with E-state index >= 15 is 0 Å². The van der Waals surface area contributed by atoms with Crippen molar-refractivity contribution in [2.45, 2.75) is 0 Å². The van der Waals surface area contributed by atoms with Gasteiger partial charge in [0.05, 0.1) is 0 Å². The normalized spacial score (nSPS) is 9.71. The van der Waals surface area contributed by atoms with Gasteiger partial charge in [-0.05, 0) is 34.7 Å². The van der Waals surface area contributed by atoms with Crippen LogP contribution in [-0.2, 0) is 0 Å². The molecule has 14 heavy (non-hydrogen) atoms. The Kier molecular flexibility index (Phi) is 2.67. The zero-order valence-electron chi connectivity index (χ0n) is 7.20. The summed E-state index contributed by atoms with van der Waals surface area (Å²) in [6.07, 6.45) is 0. The fraction of sp³-hybridized carbons (Fsp3) is 0. The third-order valence-corrected chi connectivity index (χ3v) is 3.25. The van der Waals surface area contributed by atoms with Gasteiger partial charge in [-0.2, -0.15) is 5.26 Å². The van der Waals surface area contributed by atoms with Gasteiger partial charge in [-0.25, -0.2) is 0 Å². The predicted octanol–water partition coefficient (Wildman–Crippen LogP) is 4.05. The van der Waals surface area contributed by atoms with Crippen molar-refractivity contribution in [3.05, 3.63) is 45.1 Å². The van der Waals surface area contributed by atoms with E-state index in [-0.39, 0.29) is 0 Å². The molecule has 0 saturated carbocycles. The molecule has 0 bridgehead atoms. The molecular formula is C11H6BrNS. The summed E-state index contributed by atoms with van der Waals surface area (Å²) in [7, 11) is 0. The lowest BCUT2D eigenvalue weighted by molar-refractivity contribution is 1.52. The smallest absolute Gasteiger partial charge is 0.110 e. The van der Waals surface area contributed by atoms with E-state index in [1.807, 2.05) is 35.7 Å². The molecule has 0 aliphatic heterocycles. The van der Waals surface area contributed by atoms with Crippen LogP contribution in [0.3, 0.4) is 0 Å². The van der Waals surface area contributed by atoms with Crippen LogP contribution in [0.4, 0.5) is 0 Å². The minimum atomic E-state index is 0.753. The molecule has 0 N–H and O–H groups in total. The van der Waals surface area contributed by atoms with E-state index in [0.717, 1.165) is 20.5 Å². The molecule has 0 amide bonds. The number of hydrogen-bond acceptors (Lipinski definition) is 2. The maximum absolute atomic E-state index is 8.69. The van der Waals surface area contributed by atoms with Gasteiger partial charge in [0.15, 0.2) is 0 Å². The fourth-order valence-corrected chi connectivity index (χ4v) is 2.16. The molecule has 2 aromatic rings. The second-order valence-electron chi connectivity index (χ2n) is 2.82. The molecule has 1 nitrogen and oxygen atoms in total. The number of benzene rings is 1. The van der Waals surface area contributed by atoms with Gasteiger partial charge in [0, 0.05) is 4.47 Å². The SMILES string of the molecule is N#Cc1cc(-c2ccc(Br)cc2)cs1. The van der Waals surface area contributed by atoms with E-state index in [1.165, 1.54) is 11.3 Å². The minimum absolute atomic E-state index is 0.753. The van der Waals surface area contributed by atoms with Gasteiger partial charge in [-0.3, -0.25) is 0 Å². The van der Waals surface area contributed by atoms with E-state index in [1.54, 1.807) is 0 Å². The Morgan fingerprint density at radius 1 is 1.14 bits per heavy atom. The minimum Gasteiger partial charge on any atom is -0.192 e. The molecule has 0 aliphatic carbocycles. The maximum atomic E-state index is 8.69. The van der Waals surface area contributed by atoms with Crippen LogP contribution < -0.4 is 0 Å². The first-order valence-electron chi connectivity index (χ1n) is 4.04. The van der Waals surface area contributed by atoms with Crippen LogP contribution in [0.15, 0.2) is 40.2 Å². The van der Waals surface area contributed by atoms with E-state index in [4.69, 9.17) is 5.26 Å². The summed E-state index contributed by atoms with van der Waals surface area (Å²) in [6.45, 7) is 0. The molecular weight excluding hydrogens is 258 g/mol. The summed E-state index contributed by atoms with van der Waals surface area (Å²) < 4.78 is 1.07. The Balaban J connectivity index is 2.40. The van der Waals surface area contributed by atoms with Gasteiger partial charge < -0.3 is 0 Å². The van der Waals surface area contributed by atoms with Crippen LogP contribution in [0.25, 0.3) is 11.1 Å². The van der Waals surface area contributed by atoms with E-state index in [9.17, 15) is 0 Å². The van der Waals surface area contributed by atoms with Crippen molar-refractivity contribution in [2.24, 2.45) is 0 Å². The average molecular weight is 264 g/mol. The lowest BCUT2D eigenvalue weighted by Gasteiger charge is -1.96. The summed E-state index contributed by atoms with van der Waals surface area (Å²) in [5, 5.41) is 10.7. The highest BCUT2D eigenvalue weighted by Crippen LogP contribution is 2.26. The molecule has 68 valence electrons. The number of rotatable bonds is 1. The summed E-state index contributed by atoms with van der Waals surface area (Å²) in [4.78, 5) is 0.753. The van der Waals surface area contributed by atoms with Gasteiger partial charge in [-0.15, -0.1) is 11.3 Å². The predicted molar refractivity (Wildman–Crippen MR) is 62.2 cm³/mol. The maximum Gasteiger partial charge on any atom is 0.110 e. The molecule has 1 aromatic carbocycles. The van der Waals surface area contributed by atoms with Gasteiger partial charge in [0.2, 0.25) is 0 Å². The van der Waals surface area contributed by atoms with Gasteiger partial charge >= 0.3 is 0 Å². The fourth-order valence-electron chi connectivity index (χ4n) is 1.19. The second kappa shape index (κ2) is 3.95. The Morgan fingerprint density at radius 2 is 1.86 bits per heavy atom. The van der Waals surface area contributed by atoms with Gasteiger partial charge in [0.1, 0.15) is 10.9 Å². The third-order valence-electron chi connectivity index (χ3n) is 1.89. The molecule has 0 unspecified atom stereocenters. The topological polar surface area (TPSA) is 23.8 Å². The molecule has 3 heteroatoms. The van der Waals surface area contributed by atoms with Crippen molar-refractivity contribution in [3.63, 3.8) is 0 Å². The molecule has 0 spiro atoms. The van der Waals surface area contributed by atoms with Gasteiger partial charge in [0.25, 0.3) is 0 Å². The van der Waals surface area contributed by atoms with Crippen molar-refractivity contribution in [1.82, 2.24) is 0 Å². The molecule has 2 rings (SSSR count). The number of nitriles is 1. The first kappa shape index (κ1) is 9.45. The Morgan fingerprint density at radius 3 is 2.43 bits per heavy atom. The Bertz CT molecular complexity index is 479. The van der Waals surface area contributed by atoms with Crippen molar-refractivity contribution in [1.29, 1.82) is 5.26 Å². The van der Waals surface area contributed by atoms with Crippen LogP contribution in [0.1, 0.15) is 4.88 Å². The molecule has 1 heterocycles. The summed E-state index contributed by atoms with van der Waals surface area (Å²) >= 11 is 4.86. The second-order valence-corrected chi connectivity index (χ2v) is 4.65. The zero-order chi connectivity index (χ0) is 9.97. The van der Waals surface area contributed by atoms with Crippen LogP contribution in [-0.4, -0.2) is 0 Å². The van der Waals surface area contributed by atoms with Crippen molar-refractivity contribution < 1.29 is 0 Å². The van der Waals surface area contributed by atoms with Crippen LogP contribution in [0.5, 0.6) is 0 Å². The molecule has 0 fully saturated rings. The first-order chi connectivity index (χ1) is 6.79. The van der Waals surface area contributed by atoms with Crippen molar-refractivity contribution in [2.75, 3.05) is 0 Å². The number of halogens is 1. The monoisotopic (exact) mass is 263 g/mol. The average Bonchev–Trinajstić information content (AvgIpc) is 2.67. The van der Waals surface area contributed by atoms with E-state index in [0.29, 0.717) is 0 Å². The zero-order valence-corrected chi connectivity index (χ0v) is 9.60. The lowest BCUT2D eigenvalue weighted by Crippen LogP contribution is -1.72. The largest absolute Gasteiger partial charge is 0.192 e. The Labute approximate surface area is 94.8 Å². The van der Waals surface area contributed by atoms with E-state index in [2.05, 4.69) is 22.0 Å². The molecule has 0 aliphatic rings. The first-order valence-corrected chi connectivity index (χ1v) is 5.71. The highest BCUT2D eigenvalue weighted by Gasteiger charge is 2.01. The molecule has 0 saturated heterocycles. The van der Waals surface area contributed by atoms with Crippen molar-refractivity contribution in [3.8, 4) is 17.2 Å². The molecule has 0 radical (unpaired) electrons. The van der Waals surface area contributed by atoms with Crippen molar-refractivity contribution >= 4 is 27.3 Å². The Hall–Kier alpha value is -1.11. The third kappa shape index (κ3) is 1.87. The highest BCUT2D eigenvalue weighted by molar-refractivity contribution is 9.10. The standard InChI is InChI=1S/C11H6BrNS/c12-10-3-1-8(2-4-10)9-5-11(6-13)14-7-9/h1-5,7H. The molecule has 1 aromatic heterocycles. The molecule has 0 atom stereocenters.